The van der Waals surface area contributed by atoms with Gasteiger partial charge in [0.25, 0.3) is 0 Å². The third kappa shape index (κ3) is 5.20. The van der Waals surface area contributed by atoms with Crippen molar-refractivity contribution < 1.29 is 61.8 Å². The molecule has 3 aliphatic rings. The number of esters is 3. The lowest BCUT2D eigenvalue weighted by Gasteiger charge is -2.55. The fraction of sp³-hybridized carbons (Fsp3) is 0.857. The molecule has 0 aromatic rings. The summed E-state index contributed by atoms with van der Waals surface area (Å²) >= 11 is 0. The number of hydrogen-bond donors (Lipinski definition) is 0. The van der Waals surface area contributed by atoms with Crippen LogP contribution in [0.1, 0.15) is 27.7 Å². The Morgan fingerprint density at radius 1 is 0.765 bits per heavy atom. The summed E-state index contributed by atoms with van der Waals surface area (Å²) in [4.78, 5) is 35.7. The van der Waals surface area contributed by atoms with Gasteiger partial charge in [0.2, 0.25) is 6.10 Å². The summed E-state index contributed by atoms with van der Waals surface area (Å²) in [7, 11) is 4.42. The molecule has 3 saturated heterocycles. The maximum Gasteiger partial charge on any atom is 0.327 e. The maximum absolute atomic E-state index is 12.0. The van der Waals surface area contributed by atoms with Gasteiger partial charge in [-0.3, -0.25) is 14.4 Å². The highest BCUT2D eigenvalue weighted by molar-refractivity contribution is 5.68. The van der Waals surface area contributed by atoms with Crippen molar-refractivity contribution >= 4 is 17.9 Å². The minimum atomic E-state index is -2.03. The molecule has 0 aliphatic carbocycles. The van der Waals surface area contributed by atoms with Crippen LogP contribution in [0.3, 0.4) is 0 Å². The van der Waals surface area contributed by atoms with Crippen LogP contribution in [-0.2, 0) is 61.8 Å². The van der Waals surface area contributed by atoms with Crippen molar-refractivity contribution in [1.29, 1.82) is 0 Å². The molecule has 0 bridgehead atoms. The lowest BCUT2D eigenvalue weighted by molar-refractivity contribution is -0.507. The van der Waals surface area contributed by atoms with Crippen LogP contribution < -0.4 is 0 Å². The zero-order valence-corrected chi connectivity index (χ0v) is 20.2. The molecular weight excluding hydrogens is 460 g/mol. The Hall–Kier alpha value is -1.87. The summed E-state index contributed by atoms with van der Waals surface area (Å²) in [5.41, 5.74) is 0. The van der Waals surface area contributed by atoms with Crippen molar-refractivity contribution in [2.45, 2.75) is 88.8 Å². The quantitative estimate of drug-likeness (QED) is 0.353. The van der Waals surface area contributed by atoms with Gasteiger partial charge in [-0.2, -0.15) is 0 Å². The predicted molar refractivity (Wildman–Crippen MR) is 108 cm³/mol. The Morgan fingerprint density at radius 3 is 1.88 bits per heavy atom. The lowest BCUT2D eigenvalue weighted by atomic mass is 9.94. The van der Waals surface area contributed by atoms with E-state index in [1.807, 2.05) is 0 Å². The summed E-state index contributed by atoms with van der Waals surface area (Å²) < 4.78 is 57.0. The Kier molecular flexibility index (Phi) is 8.50. The highest BCUT2D eigenvalue weighted by Gasteiger charge is 2.66. The molecule has 3 fully saturated rings. The standard InChI is InChI=1S/C21H32O13/c1-9-14(29-10(2)22)17(30-11(3)23)19(31-12(4)24)21(33-9)28-8-13-15(34-21)16(25-5)18(26-6)20(27-7)32-13/h9,13-20H,8H2,1-7H3/t9?,13?,14-,15?,16-,17?,18?,19?,20?,21+/m0/s1. The molecule has 13 nitrogen and oxygen atoms in total. The van der Waals surface area contributed by atoms with E-state index in [4.69, 9.17) is 47.4 Å². The fourth-order valence-corrected chi connectivity index (χ4v) is 4.52. The first kappa shape index (κ1) is 26.7. The molecule has 34 heavy (non-hydrogen) atoms. The molecule has 194 valence electrons. The average Bonchev–Trinajstić information content (AvgIpc) is 2.77. The molecule has 0 radical (unpaired) electrons. The molecule has 0 amide bonds. The van der Waals surface area contributed by atoms with E-state index in [0.29, 0.717) is 0 Å². The SMILES string of the molecule is COC1OC2CO[C@]3(OC(C)[C@H](OC(C)=O)C(OC(C)=O)C3OC(C)=O)OC2[C@H](OC)C1OC. The van der Waals surface area contributed by atoms with E-state index in [9.17, 15) is 14.4 Å². The summed E-state index contributed by atoms with van der Waals surface area (Å²) in [5.74, 6) is -4.10. The van der Waals surface area contributed by atoms with Crippen molar-refractivity contribution in [3.63, 3.8) is 0 Å². The largest absolute Gasteiger partial charge is 0.456 e. The van der Waals surface area contributed by atoms with Crippen LogP contribution in [0.25, 0.3) is 0 Å². The van der Waals surface area contributed by atoms with Gasteiger partial charge in [0.1, 0.15) is 30.5 Å². The van der Waals surface area contributed by atoms with Gasteiger partial charge in [-0.05, 0) is 6.92 Å². The number of fused-ring (bicyclic) bond motifs is 1. The summed E-state index contributed by atoms with van der Waals surface area (Å²) in [6.07, 6.45) is -8.31. The number of ether oxygens (including phenoxy) is 10. The van der Waals surface area contributed by atoms with Crippen LogP contribution in [0.5, 0.6) is 0 Å². The Balaban J connectivity index is 2.00. The van der Waals surface area contributed by atoms with Crippen molar-refractivity contribution in [2.75, 3.05) is 27.9 Å². The van der Waals surface area contributed by atoms with Crippen molar-refractivity contribution in [2.24, 2.45) is 0 Å². The average molecular weight is 492 g/mol. The van der Waals surface area contributed by atoms with Gasteiger partial charge >= 0.3 is 23.9 Å². The smallest absolute Gasteiger partial charge is 0.327 e. The second-order valence-corrected chi connectivity index (χ2v) is 8.18. The number of carbonyl (C=O) groups excluding carboxylic acids is 3. The topological polar surface area (TPSA) is 144 Å². The molecule has 13 heteroatoms. The zero-order valence-electron chi connectivity index (χ0n) is 20.2. The first-order chi connectivity index (χ1) is 16.1. The normalized spacial score (nSPS) is 41.9. The number of methoxy groups -OCH3 is 3. The first-order valence-corrected chi connectivity index (χ1v) is 10.8. The molecular formula is C21H32O13. The van der Waals surface area contributed by atoms with Crippen LogP contribution in [0.15, 0.2) is 0 Å². The van der Waals surface area contributed by atoms with Gasteiger partial charge < -0.3 is 47.4 Å². The monoisotopic (exact) mass is 492 g/mol. The predicted octanol–water partition coefficient (Wildman–Crippen LogP) is -0.329. The Morgan fingerprint density at radius 2 is 1.35 bits per heavy atom. The molecule has 0 saturated carbocycles. The summed E-state index contributed by atoms with van der Waals surface area (Å²) in [6, 6.07) is 0. The van der Waals surface area contributed by atoms with Crippen molar-refractivity contribution in [1.82, 2.24) is 0 Å². The third-order valence-electron chi connectivity index (χ3n) is 5.80. The minimum Gasteiger partial charge on any atom is -0.456 e. The van der Waals surface area contributed by atoms with Gasteiger partial charge in [0, 0.05) is 42.1 Å². The minimum absolute atomic E-state index is 0.0731. The first-order valence-electron chi connectivity index (χ1n) is 10.8. The fourth-order valence-electron chi connectivity index (χ4n) is 4.52. The molecule has 3 heterocycles. The molecule has 3 rings (SSSR count). The highest BCUT2D eigenvalue weighted by atomic mass is 16.9. The second kappa shape index (κ2) is 10.8. The second-order valence-electron chi connectivity index (χ2n) is 8.18. The molecule has 1 spiro atoms. The van der Waals surface area contributed by atoms with Gasteiger partial charge in [-0.15, -0.1) is 0 Å². The van der Waals surface area contributed by atoms with E-state index in [2.05, 4.69) is 0 Å². The van der Waals surface area contributed by atoms with Gasteiger partial charge in [-0.1, -0.05) is 0 Å². The molecule has 3 aliphatic heterocycles. The molecule has 0 aromatic heterocycles. The molecule has 0 N–H and O–H groups in total. The van der Waals surface area contributed by atoms with Crippen LogP contribution in [-0.4, -0.2) is 107 Å². The zero-order chi connectivity index (χ0) is 25.2. The van der Waals surface area contributed by atoms with E-state index in [-0.39, 0.29) is 6.61 Å². The van der Waals surface area contributed by atoms with Gasteiger partial charge in [0.15, 0.2) is 18.5 Å². The van der Waals surface area contributed by atoms with Crippen LogP contribution in [0.2, 0.25) is 0 Å². The van der Waals surface area contributed by atoms with E-state index in [1.165, 1.54) is 35.2 Å². The molecule has 0 aromatic carbocycles. The van der Waals surface area contributed by atoms with E-state index < -0.39 is 79.0 Å². The van der Waals surface area contributed by atoms with E-state index in [0.717, 1.165) is 6.92 Å². The van der Waals surface area contributed by atoms with E-state index in [1.54, 1.807) is 6.92 Å². The summed E-state index contributed by atoms with van der Waals surface area (Å²) in [6.45, 7) is 5.04. The van der Waals surface area contributed by atoms with Crippen LogP contribution in [0.4, 0.5) is 0 Å². The maximum atomic E-state index is 12.0. The van der Waals surface area contributed by atoms with Crippen LogP contribution >= 0.6 is 0 Å². The number of hydrogen-bond acceptors (Lipinski definition) is 13. The Labute approximate surface area is 197 Å². The molecule has 10 atom stereocenters. The summed E-state index contributed by atoms with van der Waals surface area (Å²) in [5, 5.41) is 0. The molecule has 7 unspecified atom stereocenters. The van der Waals surface area contributed by atoms with Crippen LogP contribution in [0, 0.1) is 0 Å². The van der Waals surface area contributed by atoms with E-state index >= 15 is 0 Å². The highest BCUT2D eigenvalue weighted by Crippen LogP contribution is 2.43. The van der Waals surface area contributed by atoms with Crippen molar-refractivity contribution in [3.8, 4) is 0 Å². The Bertz CT molecular complexity index is 759. The third-order valence-corrected chi connectivity index (χ3v) is 5.80. The van der Waals surface area contributed by atoms with Gasteiger partial charge in [0.05, 0.1) is 6.61 Å². The van der Waals surface area contributed by atoms with Crippen molar-refractivity contribution in [3.05, 3.63) is 0 Å². The van der Waals surface area contributed by atoms with Gasteiger partial charge in [-0.25, -0.2) is 0 Å². The number of carbonyl (C=O) groups is 3. The lowest BCUT2D eigenvalue weighted by Crippen LogP contribution is -2.74. The number of rotatable bonds is 6.